The summed E-state index contributed by atoms with van der Waals surface area (Å²) in [6, 6.07) is 12.5. The molecule has 0 aliphatic rings. The lowest BCUT2D eigenvalue weighted by molar-refractivity contribution is -0.143. The van der Waals surface area contributed by atoms with Gasteiger partial charge in [-0.05, 0) is 43.3 Å². The fourth-order valence-electron chi connectivity index (χ4n) is 2.22. The van der Waals surface area contributed by atoms with Crippen molar-refractivity contribution in [1.29, 1.82) is 0 Å². The zero-order valence-corrected chi connectivity index (χ0v) is 16.7. The van der Waals surface area contributed by atoms with E-state index in [0.29, 0.717) is 16.1 Å². The number of ketones is 1. The minimum atomic E-state index is -0.968. The summed E-state index contributed by atoms with van der Waals surface area (Å²) in [5.74, 6) is -1.73. The van der Waals surface area contributed by atoms with Crippen molar-refractivity contribution in [1.82, 2.24) is 0 Å². The van der Waals surface area contributed by atoms with Crippen molar-refractivity contribution >= 4 is 35.1 Å². The third-order valence-corrected chi connectivity index (χ3v) is 4.84. The van der Waals surface area contributed by atoms with Crippen LogP contribution in [0.25, 0.3) is 0 Å². The molecule has 148 valence electrons. The molecule has 0 aliphatic heterocycles. The lowest BCUT2D eigenvalue weighted by Crippen LogP contribution is -2.25. The van der Waals surface area contributed by atoms with Crippen LogP contribution in [0.4, 0.5) is 10.1 Å². The van der Waals surface area contributed by atoms with Crippen LogP contribution in [0.15, 0.2) is 53.4 Å². The third kappa shape index (κ3) is 6.20. The number of hydrogen-bond donors (Lipinski definition) is 1. The van der Waals surface area contributed by atoms with Crippen LogP contribution in [0, 0.1) is 11.7 Å². The fourth-order valence-corrected chi connectivity index (χ4v) is 2.94. The highest BCUT2D eigenvalue weighted by atomic mass is 32.2. The maximum absolute atomic E-state index is 13.6. The lowest BCUT2D eigenvalue weighted by atomic mass is 10.1. The number of Topliss-reactive ketones (excluding diaryl/α,β-unsaturated/α-hetero) is 1. The number of carbonyl (C=O) groups excluding carboxylic acids is 3. The van der Waals surface area contributed by atoms with E-state index >= 15 is 0 Å². The van der Waals surface area contributed by atoms with Crippen molar-refractivity contribution in [3.8, 4) is 0 Å². The molecule has 5 nitrogen and oxygen atoms in total. The Morgan fingerprint density at radius 3 is 2.29 bits per heavy atom. The average Bonchev–Trinajstić information content (AvgIpc) is 2.67. The molecule has 0 fully saturated rings. The van der Waals surface area contributed by atoms with Gasteiger partial charge in [0.2, 0.25) is 11.7 Å². The van der Waals surface area contributed by atoms with E-state index in [0.717, 1.165) is 11.8 Å². The predicted octanol–water partition coefficient (Wildman–Crippen LogP) is 4.33. The van der Waals surface area contributed by atoms with E-state index in [1.54, 1.807) is 56.3 Å². The van der Waals surface area contributed by atoms with E-state index in [1.807, 2.05) is 0 Å². The molecule has 2 aromatic carbocycles. The third-order valence-electron chi connectivity index (χ3n) is 3.82. The van der Waals surface area contributed by atoms with Crippen molar-refractivity contribution in [3.05, 3.63) is 59.9 Å². The first kappa shape index (κ1) is 21.6. The Morgan fingerprint density at radius 2 is 1.68 bits per heavy atom. The Kier molecular flexibility index (Phi) is 7.75. The summed E-state index contributed by atoms with van der Waals surface area (Å²) < 4.78 is 18.7. The van der Waals surface area contributed by atoms with Gasteiger partial charge in [-0.1, -0.05) is 26.0 Å². The molecule has 2 rings (SSSR count). The Labute approximate surface area is 167 Å². The highest BCUT2D eigenvalue weighted by Gasteiger charge is 2.20. The number of carbonyl (C=O) groups is 3. The summed E-state index contributed by atoms with van der Waals surface area (Å²) >= 11 is 1.01. The van der Waals surface area contributed by atoms with Crippen molar-refractivity contribution in [2.75, 3.05) is 11.1 Å². The van der Waals surface area contributed by atoms with Gasteiger partial charge in [0.15, 0.2) is 6.10 Å². The molecule has 28 heavy (non-hydrogen) atoms. The van der Waals surface area contributed by atoms with E-state index in [4.69, 9.17) is 4.74 Å². The van der Waals surface area contributed by atoms with E-state index in [-0.39, 0.29) is 23.4 Å². The largest absolute Gasteiger partial charge is 0.454 e. The summed E-state index contributed by atoms with van der Waals surface area (Å²) in [4.78, 5) is 36.4. The monoisotopic (exact) mass is 403 g/mol. The van der Waals surface area contributed by atoms with E-state index in [9.17, 15) is 18.8 Å². The zero-order valence-electron chi connectivity index (χ0n) is 15.9. The number of thioether (sulfide) groups is 1. The van der Waals surface area contributed by atoms with Gasteiger partial charge in [0.1, 0.15) is 5.82 Å². The Hall–Kier alpha value is -2.67. The van der Waals surface area contributed by atoms with E-state index in [2.05, 4.69) is 5.32 Å². The van der Waals surface area contributed by atoms with Crippen LogP contribution in [-0.4, -0.2) is 29.5 Å². The van der Waals surface area contributed by atoms with Crippen LogP contribution >= 0.6 is 11.8 Å². The number of rotatable bonds is 8. The summed E-state index contributed by atoms with van der Waals surface area (Å²) in [5.41, 5.74) is 0.950. The van der Waals surface area contributed by atoms with Crippen LogP contribution in [0.5, 0.6) is 0 Å². The predicted molar refractivity (Wildman–Crippen MR) is 107 cm³/mol. The first-order chi connectivity index (χ1) is 13.3. The van der Waals surface area contributed by atoms with Gasteiger partial charge in [0.25, 0.3) is 0 Å². The second-order valence-electron chi connectivity index (χ2n) is 6.44. The second kappa shape index (κ2) is 10.0. The number of halogens is 1. The molecular formula is C21H22FNO4S. The molecule has 0 aliphatic carbocycles. The molecule has 0 unspecified atom stereocenters. The molecule has 1 amide bonds. The minimum Gasteiger partial charge on any atom is -0.454 e. The van der Waals surface area contributed by atoms with Crippen molar-refractivity contribution in [2.24, 2.45) is 5.92 Å². The van der Waals surface area contributed by atoms with Crippen LogP contribution in [-0.2, 0) is 14.3 Å². The summed E-state index contributed by atoms with van der Waals surface area (Å²) in [7, 11) is 0. The van der Waals surface area contributed by atoms with Crippen LogP contribution in [0.1, 0.15) is 31.1 Å². The van der Waals surface area contributed by atoms with Crippen LogP contribution < -0.4 is 5.32 Å². The Bertz CT molecular complexity index is 852. The summed E-state index contributed by atoms with van der Waals surface area (Å²) in [6.07, 6.45) is -0.968. The maximum Gasteiger partial charge on any atom is 0.316 e. The average molecular weight is 403 g/mol. The first-order valence-electron chi connectivity index (χ1n) is 8.80. The van der Waals surface area contributed by atoms with Crippen LogP contribution in [0.3, 0.4) is 0 Å². The number of anilines is 1. The van der Waals surface area contributed by atoms with Crippen molar-refractivity contribution in [2.45, 2.75) is 31.8 Å². The highest BCUT2D eigenvalue weighted by Crippen LogP contribution is 2.21. The van der Waals surface area contributed by atoms with E-state index < -0.39 is 17.9 Å². The molecule has 2 aromatic rings. The smallest absolute Gasteiger partial charge is 0.316 e. The zero-order chi connectivity index (χ0) is 20.7. The molecule has 1 atom stereocenters. The first-order valence-corrected chi connectivity index (χ1v) is 9.78. The van der Waals surface area contributed by atoms with Gasteiger partial charge < -0.3 is 10.1 Å². The van der Waals surface area contributed by atoms with Gasteiger partial charge in [0, 0.05) is 22.1 Å². The van der Waals surface area contributed by atoms with Gasteiger partial charge >= 0.3 is 5.97 Å². The molecule has 0 radical (unpaired) electrons. The number of nitrogens with one attached hydrogen (secondary N) is 1. The van der Waals surface area contributed by atoms with Crippen LogP contribution in [0.2, 0.25) is 0 Å². The fraction of sp³-hybridized carbons (Fsp3) is 0.286. The highest BCUT2D eigenvalue weighted by molar-refractivity contribution is 8.00. The Morgan fingerprint density at radius 1 is 1.04 bits per heavy atom. The second-order valence-corrected chi connectivity index (χ2v) is 7.45. The summed E-state index contributed by atoms with van der Waals surface area (Å²) in [5, 5.41) is 2.74. The molecule has 1 N–H and O–H groups in total. The standard InChI is InChI=1S/C21H22FNO4S/c1-13(2)21(26)23-16-10-8-15(9-11-16)20(25)14(3)27-19(24)12-28-18-7-5-4-6-17(18)22/h4-11,13-14H,12H2,1-3H3,(H,23,26)/t14-/m0/s1. The lowest BCUT2D eigenvalue weighted by Gasteiger charge is -2.13. The normalized spacial score (nSPS) is 11.8. The van der Waals surface area contributed by atoms with Gasteiger partial charge in [-0.2, -0.15) is 0 Å². The van der Waals surface area contributed by atoms with Gasteiger partial charge in [-0.25, -0.2) is 4.39 Å². The SMILES string of the molecule is CC(C)C(=O)Nc1ccc(C(=O)[C@H](C)OC(=O)CSc2ccccc2F)cc1. The molecule has 0 bridgehead atoms. The minimum absolute atomic E-state index is 0.0985. The molecule has 0 saturated carbocycles. The quantitative estimate of drug-likeness (QED) is 0.404. The molecule has 0 spiro atoms. The number of benzene rings is 2. The molecule has 7 heteroatoms. The number of amides is 1. The number of hydrogen-bond acceptors (Lipinski definition) is 5. The molecule has 0 heterocycles. The van der Waals surface area contributed by atoms with Gasteiger partial charge in [0.05, 0.1) is 5.75 Å². The van der Waals surface area contributed by atoms with Crippen molar-refractivity contribution in [3.63, 3.8) is 0 Å². The van der Waals surface area contributed by atoms with Gasteiger partial charge in [-0.3, -0.25) is 14.4 Å². The number of esters is 1. The Balaban J connectivity index is 1.88. The van der Waals surface area contributed by atoms with E-state index in [1.165, 1.54) is 13.0 Å². The molecule has 0 aromatic heterocycles. The number of ether oxygens (including phenoxy) is 1. The molecular weight excluding hydrogens is 381 g/mol. The van der Waals surface area contributed by atoms with Crippen molar-refractivity contribution < 1.29 is 23.5 Å². The summed E-state index contributed by atoms with van der Waals surface area (Å²) in [6.45, 7) is 5.06. The molecule has 0 saturated heterocycles. The maximum atomic E-state index is 13.6. The van der Waals surface area contributed by atoms with Gasteiger partial charge in [-0.15, -0.1) is 11.8 Å². The topological polar surface area (TPSA) is 72.5 Å².